The van der Waals surface area contributed by atoms with Crippen molar-refractivity contribution in [3.8, 4) is 22.1 Å². The van der Waals surface area contributed by atoms with Crippen LogP contribution in [0.1, 0.15) is 11.3 Å². The number of hydrogen-bond donors (Lipinski definition) is 1. The molecule has 0 saturated carbocycles. The summed E-state index contributed by atoms with van der Waals surface area (Å²) in [6.45, 7) is 1.81. The number of benzene rings is 2. The first kappa shape index (κ1) is 21.8. The average Bonchev–Trinajstić information content (AvgIpc) is 3.16. The largest absolute Gasteiger partial charge is 0.493 e. The van der Waals surface area contributed by atoms with Gasteiger partial charge in [-0.15, -0.1) is 11.3 Å². The Labute approximate surface area is 179 Å². The molecule has 0 atom stereocenters. The number of rotatable bonds is 7. The van der Waals surface area contributed by atoms with E-state index in [1.807, 2.05) is 17.5 Å². The number of thiazole rings is 1. The van der Waals surface area contributed by atoms with E-state index < -0.39 is 9.84 Å². The molecule has 9 heteroatoms. The van der Waals surface area contributed by atoms with Gasteiger partial charge >= 0.3 is 0 Å². The summed E-state index contributed by atoms with van der Waals surface area (Å²) in [5.41, 5.74) is 2.73. The van der Waals surface area contributed by atoms with E-state index in [4.69, 9.17) is 9.47 Å². The number of hydrogen-bond acceptors (Lipinski definition) is 7. The molecule has 1 N–H and O–H groups in total. The minimum absolute atomic E-state index is 0.0757. The zero-order valence-electron chi connectivity index (χ0n) is 17.1. The van der Waals surface area contributed by atoms with Crippen LogP contribution in [-0.2, 0) is 21.1 Å². The minimum Gasteiger partial charge on any atom is -0.493 e. The van der Waals surface area contributed by atoms with Crippen molar-refractivity contribution in [3.63, 3.8) is 0 Å². The first-order valence-electron chi connectivity index (χ1n) is 8.98. The molecular weight excluding hydrogens is 424 g/mol. The number of amides is 1. The number of carbonyl (C=O) groups is 1. The van der Waals surface area contributed by atoms with E-state index in [-0.39, 0.29) is 17.2 Å². The van der Waals surface area contributed by atoms with Crippen LogP contribution in [0.4, 0.5) is 5.69 Å². The maximum atomic E-state index is 12.5. The Hall–Kier alpha value is -2.91. The van der Waals surface area contributed by atoms with Crippen molar-refractivity contribution in [2.75, 3.05) is 25.8 Å². The fourth-order valence-electron chi connectivity index (χ4n) is 2.82. The van der Waals surface area contributed by atoms with Crippen molar-refractivity contribution in [1.82, 2.24) is 4.98 Å². The van der Waals surface area contributed by atoms with Crippen LogP contribution in [0.15, 0.2) is 46.7 Å². The maximum Gasteiger partial charge on any atom is 0.230 e. The lowest BCUT2D eigenvalue weighted by molar-refractivity contribution is -0.115. The van der Waals surface area contributed by atoms with Crippen molar-refractivity contribution in [2.45, 2.75) is 18.2 Å². The van der Waals surface area contributed by atoms with Gasteiger partial charge in [0.25, 0.3) is 0 Å². The predicted molar refractivity (Wildman–Crippen MR) is 117 cm³/mol. The third kappa shape index (κ3) is 4.98. The van der Waals surface area contributed by atoms with Crippen LogP contribution >= 0.6 is 11.3 Å². The second-order valence-electron chi connectivity index (χ2n) is 6.69. The van der Waals surface area contributed by atoms with Gasteiger partial charge in [0.1, 0.15) is 5.01 Å². The van der Waals surface area contributed by atoms with Gasteiger partial charge in [0, 0.05) is 22.9 Å². The lowest BCUT2D eigenvalue weighted by Crippen LogP contribution is -2.15. The molecule has 0 aliphatic carbocycles. The van der Waals surface area contributed by atoms with E-state index >= 15 is 0 Å². The molecule has 3 rings (SSSR count). The van der Waals surface area contributed by atoms with E-state index in [1.165, 1.54) is 23.5 Å². The molecule has 1 aromatic heterocycles. The van der Waals surface area contributed by atoms with Gasteiger partial charge < -0.3 is 14.8 Å². The Morgan fingerprint density at radius 2 is 1.83 bits per heavy atom. The molecule has 1 heterocycles. The minimum atomic E-state index is -3.36. The normalized spacial score (nSPS) is 11.2. The van der Waals surface area contributed by atoms with Crippen molar-refractivity contribution in [2.24, 2.45) is 0 Å². The Bertz CT molecular complexity index is 1190. The summed E-state index contributed by atoms with van der Waals surface area (Å²) in [5.74, 6) is 0.961. The van der Waals surface area contributed by atoms with Crippen LogP contribution < -0.4 is 14.8 Å². The number of aryl methyl sites for hydroxylation is 1. The Balaban J connectivity index is 1.75. The maximum absolute atomic E-state index is 12.5. The quantitative estimate of drug-likeness (QED) is 0.594. The predicted octanol–water partition coefficient (Wildman–Crippen LogP) is 3.72. The van der Waals surface area contributed by atoms with Crippen LogP contribution in [0, 0.1) is 6.92 Å². The second kappa shape index (κ2) is 8.85. The highest BCUT2D eigenvalue weighted by atomic mass is 32.2. The fourth-order valence-corrected chi connectivity index (χ4v) is 4.28. The summed E-state index contributed by atoms with van der Waals surface area (Å²) >= 11 is 1.43. The first-order chi connectivity index (χ1) is 14.2. The molecule has 0 aliphatic heterocycles. The average molecular weight is 447 g/mol. The monoisotopic (exact) mass is 446 g/mol. The van der Waals surface area contributed by atoms with Crippen molar-refractivity contribution >= 4 is 32.8 Å². The fraction of sp³-hybridized carbons (Fsp3) is 0.238. The Kier molecular flexibility index (Phi) is 6.42. The van der Waals surface area contributed by atoms with Crippen molar-refractivity contribution < 1.29 is 22.7 Å². The number of sulfone groups is 1. The Morgan fingerprint density at radius 3 is 2.50 bits per heavy atom. The summed E-state index contributed by atoms with van der Waals surface area (Å²) in [4.78, 5) is 17.2. The van der Waals surface area contributed by atoms with E-state index in [9.17, 15) is 13.2 Å². The van der Waals surface area contributed by atoms with Crippen molar-refractivity contribution in [3.05, 3.63) is 53.0 Å². The SMILES string of the molecule is COc1ccc(-c2nc(CC(=O)Nc3cc(S(C)(=O)=O)ccc3C)cs2)cc1OC. The van der Waals surface area contributed by atoms with E-state index in [0.717, 1.165) is 22.4 Å². The number of ether oxygens (including phenoxy) is 2. The van der Waals surface area contributed by atoms with Gasteiger partial charge in [-0.25, -0.2) is 13.4 Å². The molecule has 30 heavy (non-hydrogen) atoms. The third-order valence-electron chi connectivity index (χ3n) is 4.44. The molecule has 0 unspecified atom stereocenters. The molecule has 0 bridgehead atoms. The molecule has 0 fully saturated rings. The van der Waals surface area contributed by atoms with Crippen LogP contribution in [0.3, 0.4) is 0 Å². The van der Waals surface area contributed by atoms with E-state index in [2.05, 4.69) is 10.3 Å². The van der Waals surface area contributed by atoms with Crippen LogP contribution in [0.25, 0.3) is 10.6 Å². The molecular formula is C21H22N2O5S2. The third-order valence-corrected chi connectivity index (χ3v) is 6.49. The number of nitrogens with one attached hydrogen (secondary N) is 1. The second-order valence-corrected chi connectivity index (χ2v) is 9.56. The van der Waals surface area contributed by atoms with Gasteiger partial charge in [0.2, 0.25) is 5.91 Å². The molecule has 158 valence electrons. The van der Waals surface area contributed by atoms with Gasteiger partial charge in [-0.05, 0) is 42.8 Å². The number of nitrogens with zero attached hydrogens (tertiary/aromatic N) is 1. The molecule has 0 spiro atoms. The molecule has 0 aliphatic rings. The molecule has 3 aromatic rings. The highest BCUT2D eigenvalue weighted by Crippen LogP contribution is 2.33. The smallest absolute Gasteiger partial charge is 0.230 e. The molecule has 7 nitrogen and oxygen atoms in total. The van der Waals surface area contributed by atoms with Crippen LogP contribution in [-0.4, -0.2) is 39.8 Å². The molecule has 2 aromatic carbocycles. The zero-order valence-corrected chi connectivity index (χ0v) is 18.7. The summed E-state index contributed by atoms with van der Waals surface area (Å²) < 4.78 is 34.1. The summed E-state index contributed by atoms with van der Waals surface area (Å²) in [6, 6.07) is 10.2. The lowest BCUT2D eigenvalue weighted by atomic mass is 10.2. The van der Waals surface area contributed by atoms with E-state index in [1.54, 1.807) is 33.3 Å². The standard InChI is InChI=1S/C21H22N2O5S2/c1-13-5-7-16(30(4,25)26)11-17(13)23-20(24)10-15-12-29-21(22-15)14-6-8-18(27-2)19(9-14)28-3/h5-9,11-12H,10H2,1-4H3,(H,23,24). The lowest BCUT2D eigenvalue weighted by Gasteiger charge is -2.09. The van der Waals surface area contributed by atoms with Crippen molar-refractivity contribution in [1.29, 1.82) is 0 Å². The van der Waals surface area contributed by atoms with Gasteiger partial charge in [-0.3, -0.25) is 4.79 Å². The van der Waals surface area contributed by atoms with Crippen LogP contribution in [0.5, 0.6) is 11.5 Å². The van der Waals surface area contributed by atoms with Crippen LogP contribution in [0.2, 0.25) is 0 Å². The van der Waals surface area contributed by atoms with Gasteiger partial charge in [0.15, 0.2) is 21.3 Å². The highest BCUT2D eigenvalue weighted by molar-refractivity contribution is 7.90. The number of anilines is 1. The summed E-state index contributed by atoms with van der Waals surface area (Å²) in [5, 5.41) is 5.36. The molecule has 0 radical (unpaired) electrons. The summed E-state index contributed by atoms with van der Waals surface area (Å²) in [6.07, 6.45) is 1.21. The highest BCUT2D eigenvalue weighted by Gasteiger charge is 2.14. The van der Waals surface area contributed by atoms with E-state index in [0.29, 0.717) is 22.9 Å². The number of aromatic nitrogens is 1. The molecule has 0 saturated heterocycles. The first-order valence-corrected chi connectivity index (χ1v) is 11.8. The topological polar surface area (TPSA) is 94.6 Å². The van der Waals surface area contributed by atoms with Gasteiger partial charge in [-0.1, -0.05) is 6.07 Å². The zero-order chi connectivity index (χ0) is 21.9. The number of methoxy groups -OCH3 is 2. The Morgan fingerprint density at radius 1 is 1.10 bits per heavy atom. The van der Waals surface area contributed by atoms with Gasteiger partial charge in [-0.2, -0.15) is 0 Å². The summed E-state index contributed by atoms with van der Waals surface area (Å²) in [7, 11) is -0.212. The number of carbonyl (C=O) groups excluding carboxylic acids is 1. The van der Waals surface area contributed by atoms with Gasteiger partial charge in [0.05, 0.1) is 31.2 Å². The molecule has 1 amide bonds.